The third-order valence-corrected chi connectivity index (χ3v) is 5.95. The van der Waals surface area contributed by atoms with E-state index in [2.05, 4.69) is 27.0 Å². The molecular formula is C21H18FN5OS2. The minimum Gasteiger partial charge on any atom is -0.415 e. The molecule has 0 spiro atoms. The molecule has 9 heteroatoms. The minimum absolute atomic E-state index is 0.249. The van der Waals surface area contributed by atoms with Crippen molar-refractivity contribution in [3.63, 3.8) is 0 Å². The Morgan fingerprint density at radius 2 is 1.73 bits per heavy atom. The van der Waals surface area contributed by atoms with E-state index >= 15 is 0 Å². The molecule has 0 aliphatic carbocycles. The van der Waals surface area contributed by atoms with Gasteiger partial charge >= 0.3 is 0 Å². The monoisotopic (exact) mass is 439 g/mol. The van der Waals surface area contributed by atoms with E-state index in [1.54, 1.807) is 12.1 Å². The van der Waals surface area contributed by atoms with E-state index in [9.17, 15) is 4.39 Å². The second kappa shape index (κ2) is 9.73. The number of aromatic nitrogens is 5. The lowest BCUT2D eigenvalue weighted by Crippen LogP contribution is -2.00. The highest BCUT2D eigenvalue weighted by atomic mass is 32.2. The number of hydrogen-bond acceptors (Lipinski definition) is 7. The second-order valence-electron chi connectivity index (χ2n) is 6.24. The molecule has 0 N–H and O–H groups in total. The van der Waals surface area contributed by atoms with Crippen LogP contribution in [-0.2, 0) is 18.1 Å². The fourth-order valence-corrected chi connectivity index (χ4v) is 4.22. The molecule has 0 radical (unpaired) electrons. The smallest absolute Gasteiger partial charge is 0.276 e. The van der Waals surface area contributed by atoms with E-state index in [1.165, 1.54) is 35.7 Å². The highest BCUT2D eigenvalue weighted by molar-refractivity contribution is 7.98. The molecule has 0 saturated heterocycles. The Morgan fingerprint density at radius 3 is 2.50 bits per heavy atom. The zero-order valence-corrected chi connectivity index (χ0v) is 17.6. The number of benzene rings is 2. The van der Waals surface area contributed by atoms with Crippen molar-refractivity contribution in [2.45, 2.75) is 28.4 Å². The van der Waals surface area contributed by atoms with Gasteiger partial charge in [0.05, 0.1) is 5.75 Å². The maximum Gasteiger partial charge on any atom is 0.276 e. The molecule has 30 heavy (non-hydrogen) atoms. The predicted molar refractivity (Wildman–Crippen MR) is 115 cm³/mol. The van der Waals surface area contributed by atoms with Crippen molar-refractivity contribution in [3.8, 4) is 11.4 Å². The van der Waals surface area contributed by atoms with Crippen LogP contribution in [0.25, 0.3) is 11.4 Å². The lowest BCUT2D eigenvalue weighted by atomic mass is 10.2. The number of nitrogens with zero attached hydrogens (tertiary/aromatic N) is 5. The normalized spacial score (nSPS) is 11.0. The number of halogens is 1. The predicted octanol–water partition coefficient (Wildman–Crippen LogP) is 5.24. The van der Waals surface area contributed by atoms with Gasteiger partial charge in [-0.15, -0.1) is 27.0 Å². The Hall–Kier alpha value is -2.91. The van der Waals surface area contributed by atoms with Gasteiger partial charge in [0.25, 0.3) is 5.22 Å². The van der Waals surface area contributed by atoms with Crippen molar-refractivity contribution in [2.75, 3.05) is 0 Å². The molecule has 2 aromatic carbocycles. The Kier molecular flexibility index (Phi) is 6.60. The quantitative estimate of drug-likeness (QED) is 0.261. The van der Waals surface area contributed by atoms with Crippen LogP contribution in [0.15, 0.2) is 82.0 Å². The van der Waals surface area contributed by atoms with Gasteiger partial charge in [-0.1, -0.05) is 72.1 Å². The molecule has 0 aliphatic heterocycles. The average Bonchev–Trinajstić information content (AvgIpc) is 3.40. The van der Waals surface area contributed by atoms with Gasteiger partial charge in [0.15, 0.2) is 11.0 Å². The van der Waals surface area contributed by atoms with Crippen molar-refractivity contribution in [3.05, 3.63) is 84.5 Å². The van der Waals surface area contributed by atoms with E-state index in [0.29, 0.717) is 29.2 Å². The van der Waals surface area contributed by atoms with Gasteiger partial charge in [0.1, 0.15) is 5.82 Å². The summed E-state index contributed by atoms with van der Waals surface area (Å²) in [6.07, 6.45) is 1.82. The Labute approximate surface area is 181 Å². The Morgan fingerprint density at radius 1 is 0.933 bits per heavy atom. The summed E-state index contributed by atoms with van der Waals surface area (Å²) in [6, 6.07) is 16.3. The average molecular weight is 440 g/mol. The lowest BCUT2D eigenvalue weighted by Gasteiger charge is -2.06. The van der Waals surface area contributed by atoms with Crippen LogP contribution in [0, 0.1) is 5.82 Å². The number of thioether (sulfide) groups is 2. The molecule has 4 rings (SSSR count). The van der Waals surface area contributed by atoms with Gasteiger partial charge in [-0.3, -0.25) is 4.57 Å². The minimum atomic E-state index is -0.249. The van der Waals surface area contributed by atoms with E-state index in [0.717, 1.165) is 22.1 Å². The standard InChI is InChI=1S/C21H18FN5OS2/c1-2-12-27-19(16-6-4-3-5-7-16)24-25-20(27)29-14-18-23-26-21(28-18)30-13-15-8-10-17(22)11-9-15/h2-11H,1,12-14H2. The van der Waals surface area contributed by atoms with Crippen LogP contribution in [0.3, 0.4) is 0 Å². The van der Waals surface area contributed by atoms with Crippen LogP contribution in [0.2, 0.25) is 0 Å². The first-order valence-electron chi connectivity index (χ1n) is 9.15. The Balaban J connectivity index is 1.39. The molecule has 2 aromatic heterocycles. The summed E-state index contributed by atoms with van der Waals surface area (Å²) < 4.78 is 20.7. The summed E-state index contributed by atoms with van der Waals surface area (Å²) in [6.45, 7) is 4.43. The maximum absolute atomic E-state index is 13.0. The molecule has 6 nitrogen and oxygen atoms in total. The van der Waals surface area contributed by atoms with Crippen molar-refractivity contribution < 1.29 is 8.81 Å². The Bertz CT molecular complexity index is 1110. The molecule has 2 heterocycles. The van der Waals surface area contributed by atoms with Crippen molar-refractivity contribution in [1.29, 1.82) is 0 Å². The second-order valence-corrected chi connectivity index (χ2v) is 8.11. The SMILES string of the molecule is C=CCn1c(SCc2nnc(SCc3ccc(F)cc3)o2)nnc1-c1ccccc1. The largest absolute Gasteiger partial charge is 0.415 e. The molecule has 0 amide bonds. The highest BCUT2D eigenvalue weighted by Gasteiger charge is 2.15. The number of allylic oxidation sites excluding steroid dienone is 1. The van der Waals surface area contributed by atoms with Gasteiger partial charge in [-0.05, 0) is 17.7 Å². The summed E-state index contributed by atoms with van der Waals surface area (Å²) in [5.74, 6) is 2.16. The van der Waals surface area contributed by atoms with Gasteiger partial charge in [-0.2, -0.15) is 0 Å². The van der Waals surface area contributed by atoms with Crippen LogP contribution in [0.4, 0.5) is 4.39 Å². The zero-order chi connectivity index (χ0) is 20.8. The summed E-state index contributed by atoms with van der Waals surface area (Å²) in [4.78, 5) is 0. The van der Waals surface area contributed by atoms with Crippen LogP contribution >= 0.6 is 23.5 Å². The first kappa shape index (κ1) is 20.4. The first-order chi connectivity index (χ1) is 14.7. The summed E-state index contributed by atoms with van der Waals surface area (Å²) >= 11 is 2.90. The van der Waals surface area contributed by atoms with Crippen LogP contribution in [-0.4, -0.2) is 25.0 Å². The highest BCUT2D eigenvalue weighted by Crippen LogP contribution is 2.28. The van der Waals surface area contributed by atoms with Crippen LogP contribution in [0.5, 0.6) is 0 Å². The molecule has 0 atom stereocenters. The van der Waals surface area contributed by atoms with Gasteiger partial charge < -0.3 is 4.42 Å². The van der Waals surface area contributed by atoms with Gasteiger partial charge in [0.2, 0.25) is 5.89 Å². The molecule has 4 aromatic rings. The van der Waals surface area contributed by atoms with E-state index < -0.39 is 0 Å². The van der Waals surface area contributed by atoms with Crippen LogP contribution in [0.1, 0.15) is 11.5 Å². The summed E-state index contributed by atoms with van der Waals surface area (Å²) in [5.41, 5.74) is 1.98. The first-order valence-corrected chi connectivity index (χ1v) is 11.1. The molecule has 0 aliphatic rings. The summed E-state index contributed by atoms with van der Waals surface area (Å²) in [7, 11) is 0. The fraction of sp³-hybridized carbons (Fsp3) is 0.143. The third-order valence-electron chi connectivity index (χ3n) is 4.11. The summed E-state index contributed by atoms with van der Waals surface area (Å²) in [5, 5.41) is 18.1. The molecular weight excluding hydrogens is 421 g/mol. The van der Waals surface area contributed by atoms with Crippen molar-refractivity contribution in [2.24, 2.45) is 0 Å². The van der Waals surface area contributed by atoms with E-state index in [-0.39, 0.29) is 5.82 Å². The van der Waals surface area contributed by atoms with E-state index in [4.69, 9.17) is 4.42 Å². The van der Waals surface area contributed by atoms with Crippen molar-refractivity contribution >= 4 is 23.5 Å². The molecule has 152 valence electrons. The topological polar surface area (TPSA) is 69.6 Å². The molecule has 0 unspecified atom stereocenters. The number of hydrogen-bond donors (Lipinski definition) is 0. The fourth-order valence-electron chi connectivity index (χ4n) is 2.70. The number of rotatable bonds is 9. The zero-order valence-electron chi connectivity index (χ0n) is 15.9. The lowest BCUT2D eigenvalue weighted by molar-refractivity contribution is 0.426. The van der Waals surface area contributed by atoms with Crippen molar-refractivity contribution in [1.82, 2.24) is 25.0 Å². The van der Waals surface area contributed by atoms with E-state index in [1.807, 2.05) is 41.0 Å². The van der Waals surface area contributed by atoms with Crippen LogP contribution < -0.4 is 0 Å². The van der Waals surface area contributed by atoms with Gasteiger partial charge in [0, 0.05) is 17.9 Å². The van der Waals surface area contributed by atoms with Gasteiger partial charge in [-0.25, -0.2) is 4.39 Å². The molecule has 0 saturated carbocycles. The maximum atomic E-state index is 13.0. The molecule has 0 bridgehead atoms. The third kappa shape index (κ3) is 4.98. The molecule has 0 fully saturated rings.